The van der Waals surface area contributed by atoms with E-state index in [-0.39, 0.29) is 0 Å². The highest BCUT2D eigenvalue weighted by Crippen LogP contribution is 2.27. The van der Waals surface area contributed by atoms with E-state index in [1.165, 1.54) is 31.2 Å². The predicted molar refractivity (Wildman–Crippen MR) is 71.2 cm³/mol. The van der Waals surface area contributed by atoms with E-state index in [2.05, 4.69) is 31.2 Å². The normalized spacial score (nSPS) is 24.6. The van der Waals surface area contributed by atoms with Crippen molar-refractivity contribution >= 4 is 0 Å². The molecule has 94 valence electrons. The van der Waals surface area contributed by atoms with Crippen molar-refractivity contribution in [1.82, 2.24) is 0 Å². The molecule has 1 aromatic carbocycles. The summed E-state index contributed by atoms with van der Waals surface area (Å²) in [7, 11) is 0. The van der Waals surface area contributed by atoms with Crippen LogP contribution >= 0.6 is 0 Å². The molecule has 1 aliphatic rings. The van der Waals surface area contributed by atoms with Crippen molar-refractivity contribution in [2.45, 2.75) is 45.1 Å². The lowest BCUT2D eigenvalue weighted by Gasteiger charge is -2.27. The summed E-state index contributed by atoms with van der Waals surface area (Å²) in [6.45, 7) is 3.03. The first-order valence-electron chi connectivity index (χ1n) is 6.73. The van der Waals surface area contributed by atoms with Crippen LogP contribution in [0.1, 0.15) is 38.2 Å². The van der Waals surface area contributed by atoms with E-state index in [1.54, 1.807) is 0 Å². The van der Waals surface area contributed by atoms with Gasteiger partial charge in [-0.15, -0.1) is 0 Å². The Morgan fingerprint density at radius 3 is 2.65 bits per heavy atom. The highest BCUT2D eigenvalue weighted by Gasteiger charge is 2.19. The summed E-state index contributed by atoms with van der Waals surface area (Å²) in [5, 5.41) is 0. The number of ether oxygens (including phenoxy) is 1. The first kappa shape index (κ1) is 12.4. The standard InChI is InChI=1S/C15H23NO/c1-12-3-2-4-15(11-12)17-14-7-5-13(6-8-14)9-10-16/h5-8,12,15H,2-4,9-11,16H2,1H3. The fourth-order valence-electron chi connectivity index (χ4n) is 2.58. The minimum Gasteiger partial charge on any atom is -0.490 e. The highest BCUT2D eigenvalue weighted by molar-refractivity contribution is 5.27. The van der Waals surface area contributed by atoms with Crippen LogP contribution in [0.2, 0.25) is 0 Å². The minimum atomic E-state index is 0.416. The first-order chi connectivity index (χ1) is 8.28. The fourth-order valence-corrected chi connectivity index (χ4v) is 2.58. The van der Waals surface area contributed by atoms with E-state index in [4.69, 9.17) is 10.5 Å². The molecular formula is C15H23NO. The smallest absolute Gasteiger partial charge is 0.119 e. The largest absolute Gasteiger partial charge is 0.490 e. The molecule has 2 atom stereocenters. The third-order valence-corrected chi connectivity index (χ3v) is 3.55. The Labute approximate surface area is 104 Å². The van der Waals surface area contributed by atoms with Gasteiger partial charge in [-0.1, -0.05) is 25.5 Å². The molecule has 0 spiro atoms. The van der Waals surface area contributed by atoms with Crippen molar-refractivity contribution in [3.8, 4) is 5.75 Å². The summed E-state index contributed by atoms with van der Waals surface area (Å²) in [5.41, 5.74) is 6.82. The number of benzene rings is 1. The number of nitrogens with two attached hydrogens (primary N) is 1. The highest BCUT2D eigenvalue weighted by atomic mass is 16.5. The second-order valence-corrected chi connectivity index (χ2v) is 5.19. The summed E-state index contributed by atoms with van der Waals surface area (Å²) in [6, 6.07) is 8.39. The molecule has 0 bridgehead atoms. The van der Waals surface area contributed by atoms with Crippen LogP contribution in [0.15, 0.2) is 24.3 Å². The Kier molecular flexibility index (Phi) is 4.43. The van der Waals surface area contributed by atoms with Crippen LogP contribution in [0.5, 0.6) is 5.75 Å². The molecule has 1 aromatic rings. The van der Waals surface area contributed by atoms with Crippen LogP contribution in [0.4, 0.5) is 0 Å². The van der Waals surface area contributed by atoms with Crippen molar-refractivity contribution in [2.75, 3.05) is 6.54 Å². The average molecular weight is 233 g/mol. The van der Waals surface area contributed by atoms with E-state index in [1.807, 2.05) is 0 Å². The zero-order chi connectivity index (χ0) is 12.1. The van der Waals surface area contributed by atoms with E-state index < -0.39 is 0 Å². The summed E-state index contributed by atoms with van der Waals surface area (Å²) in [5.74, 6) is 1.81. The maximum absolute atomic E-state index is 6.03. The summed E-state index contributed by atoms with van der Waals surface area (Å²) in [4.78, 5) is 0. The molecule has 1 aliphatic carbocycles. The number of hydrogen-bond donors (Lipinski definition) is 1. The third kappa shape index (κ3) is 3.74. The molecule has 2 N–H and O–H groups in total. The molecule has 17 heavy (non-hydrogen) atoms. The molecule has 0 radical (unpaired) electrons. The Morgan fingerprint density at radius 1 is 1.24 bits per heavy atom. The van der Waals surface area contributed by atoms with Crippen molar-refractivity contribution < 1.29 is 4.74 Å². The Balaban J connectivity index is 1.89. The zero-order valence-electron chi connectivity index (χ0n) is 10.7. The van der Waals surface area contributed by atoms with Gasteiger partial charge in [-0.2, -0.15) is 0 Å². The lowest BCUT2D eigenvalue weighted by atomic mass is 9.89. The van der Waals surface area contributed by atoms with Gasteiger partial charge in [0, 0.05) is 0 Å². The average Bonchev–Trinajstić information content (AvgIpc) is 2.32. The molecule has 2 unspecified atom stereocenters. The molecule has 0 heterocycles. The molecule has 1 fully saturated rings. The number of hydrogen-bond acceptors (Lipinski definition) is 2. The summed E-state index contributed by atoms with van der Waals surface area (Å²) >= 11 is 0. The minimum absolute atomic E-state index is 0.416. The second kappa shape index (κ2) is 6.06. The molecule has 0 aliphatic heterocycles. The van der Waals surface area contributed by atoms with Crippen LogP contribution in [0.25, 0.3) is 0 Å². The first-order valence-corrected chi connectivity index (χ1v) is 6.73. The Hall–Kier alpha value is -1.02. The van der Waals surface area contributed by atoms with Crippen molar-refractivity contribution in [3.05, 3.63) is 29.8 Å². The van der Waals surface area contributed by atoms with Crippen LogP contribution in [-0.4, -0.2) is 12.6 Å². The zero-order valence-corrected chi connectivity index (χ0v) is 10.7. The summed E-state index contributed by atoms with van der Waals surface area (Å²) < 4.78 is 6.03. The van der Waals surface area contributed by atoms with E-state index in [0.29, 0.717) is 12.6 Å². The SMILES string of the molecule is CC1CCCC(Oc2ccc(CCN)cc2)C1. The van der Waals surface area contributed by atoms with Gasteiger partial charge in [-0.05, 0) is 55.8 Å². The molecule has 2 rings (SSSR count). The molecule has 0 amide bonds. The van der Waals surface area contributed by atoms with E-state index in [0.717, 1.165) is 18.1 Å². The lowest BCUT2D eigenvalue weighted by Crippen LogP contribution is -2.24. The molecule has 2 heteroatoms. The van der Waals surface area contributed by atoms with Crippen molar-refractivity contribution in [3.63, 3.8) is 0 Å². The molecular weight excluding hydrogens is 210 g/mol. The summed E-state index contributed by atoms with van der Waals surface area (Å²) in [6.07, 6.45) is 6.42. The van der Waals surface area contributed by atoms with Gasteiger partial charge < -0.3 is 10.5 Å². The maximum Gasteiger partial charge on any atom is 0.119 e. The van der Waals surface area contributed by atoms with Crippen molar-refractivity contribution in [2.24, 2.45) is 11.7 Å². The topological polar surface area (TPSA) is 35.2 Å². The van der Waals surface area contributed by atoms with Crippen LogP contribution in [0.3, 0.4) is 0 Å². The second-order valence-electron chi connectivity index (χ2n) is 5.19. The van der Waals surface area contributed by atoms with Crippen LogP contribution in [0, 0.1) is 5.92 Å². The van der Waals surface area contributed by atoms with Crippen molar-refractivity contribution in [1.29, 1.82) is 0 Å². The van der Waals surface area contributed by atoms with Gasteiger partial charge in [0.05, 0.1) is 6.10 Å². The molecule has 1 saturated carbocycles. The van der Waals surface area contributed by atoms with Gasteiger partial charge in [-0.25, -0.2) is 0 Å². The molecule has 0 saturated heterocycles. The van der Waals surface area contributed by atoms with Gasteiger partial charge in [0.15, 0.2) is 0 Å². The van der Waals surface area contributed by atoms with Crippen LogP contribution in [-0.2, 0) is 6.42 Å². The molecule has 0 aromatic heterocycles. The monoisotopic (exact) mass is 233 g/mol. The third-order valence-electron chi connectivity index (χ3n) is 3.55. The van der Waals surface area contributed by atoms with Gasteiger partial charge >= 0.3 is 0 Å². The van der Waals surface area contributed by atoms with E-state index in [9.17, 15) is 0 Å². The quantitative estimate of drug-likeness (QED) is 0.867. The Bertz CT molecular complexity index is 333. The maximum atomic E-state index is 6.03. The van der Waals surface area contributed by atoms with E-state index >= 15 is 0 Å². The van der Waals surface area contributed by atoms with Crippen LogP contribution < -0.4 is 10.5 Å². The number of rotatable bonds is 4. The van der Waals surface area contributed by atoms with Gasteiger partial charge in [0.1, 0.15) is 5.75 Å². The van der Waals surface area contributed by atoms with Gasteiger partial charge in [0.25, 0.3) is 0 Å². The predicted octanol–water partition coefficient (Wildman–Crippen LogP) is 3.15. The Morgan fingerprint density at radius 2 is 2.00 bits per heavy atom. The molecule has 2 nitrogen and oxygen atoms in total. The lowest BCUT2D eigenvalue weighted by molar-refractivity contribution is 0.129. The van der Waals surface area contributed by atoms with Gasteiger partial charge in [-0.3, -0.25) is 0 Å². The van der Waals surface area contributed by atoms with Gasteiger partial charge in [0.2, 0.25) is 0 Å². The fraction of sp³-hybridized carbons (Fsp3) is 0.600.